The summed E-state index contributed by atoms with van der Waals surface area (Å²) in [4.78, 5) is 13.7. The summed E-state index contributed by atoms with van der Waals surface area (Å²) >= 11 is 3.38. The molecule has 0 fully saturated rings. The van der Waals surface area contributed by atoms with Gasteiger partial charge in [0.2, 0.25) is 5.91 Å². The van der Waals surface area contributed by atoms with Gasteiger partial charge >= 0.3 is 0 Å². The van der Waals surface area contributed by atoms with Gasteiger partial charge in [-0.25, -0.2) is 0 Å². The molecule has 0 saturated heterocycles. The molecule has 2 rings (SSSR count). The van der Waals surface area contributed by atoms with E-state index < -0.39 is 0 Å². The second-order valence-electron chi connectivity index (χ2n) is 4.25. The molecule has 4 heteroatoms. The van der Waals surface area contributed by atoms with Crippen LogP contribution in [0, 0.1) is 0 Å². The van der Waals surface area contributed by atoms with E-state index in [1.807, 2.05) is 19.1 Å². The molecule has 0 saturated carbocycles. The first-order chi connectivity index (χ1) is 8.15. The van der Waals surface area contributed by atoms with Crippen LogP contribution in [0.4, 0.5) is 5.69 Å². The number of benzene rings is 1. The van der Waals surface area contributed by atoms with Crippen molar-refractivity contribution in [2.75, 3.05) is 11.4 Å². The molecule has 1 aromatic rings. The fourth-order valence-electron chi connectivity index (χ4n) is 2.19. The van der Waals surface area contributed by atoms with Crippen molar-refractivity contribution in [2.45, 2.75) is 31.0 Å². The molecule has 0 radical (unpaired) electrons. The highest BCUT2D eigenvalue weighted by atomic mass is 79.9. The number of alkyl halides is 1. The smallest absolute Gasteiger partial charge is 0.240 e. The van der Waals surface area contributed by atoms with Crippen molar-refractivity contribution < 1.29 is 9.90 Å². The number of aryl methyl sites for hydroxylation is 1. The predicted octanol–water partition coefficient (Wildman–Crippen LogP) is 2.84. The van der Waals surface area contributed by atoms with Crippen LogP contribution in [-0.4, -0.2) is 22.4 Å². The first-order valence-electron chi connectivity index (χ1n) is 5.91. The second-order valence-corrected chi connectivity index (χ2v) is 5.36. The molecule has 0 aliphatic carbocycles. The monoisotopic (exact) mass is 297 g/mol. The number of hydrogen-bond acceptors (Lipinski definition) is 2. The minimum atomic E-state index is -0.173. The first kappa shape index (κ1) is 12.4. The number of aromatic hydroxyl groups is 1. The summed E-state index contributed by atoms with van der Waals surface area (Å²) in [5.74, 6) is 0.237. The van der Waals surface area contributed by atoms with Crippen molar-refractivity contribution in [3.63, 3.8) is 0 Å². The Hall–Kier alpha value is -1.03. The van der Waals surface area contributed by atoms with Gasteiger partial charge in [0.1, 0.15) is 5.75 Å². The van der Waals surface area contributed by atoms with E-state index in [1.54, 1.807) is 11.0 Å². The molecule has 1 atom stereocenters. The molecule has 1 N–H and O–H groups in total. The van der Waals surface area contributed by atoms with Crippen LogP contribution in [0.2, 0.25) is 0 Å². The summed E-state index contributed by atoms with van der Waals surface area (Å²) < 4.78 is 0. The molecule has 0 aromatic heterocycles. The van der Waals surface area contributed by atoms with Crippen LogP contribution in [0.1, 0.15) is 25.3 Å². The van der Waals surface area contributed by atoms with Crippen molar-refractivity contribution in [1.82, 2.24) is 0 Å². The molecular weight excluding hydrogens is 282 g/mol. The van der Waals surface area contributed by atoms with Gasteiger partial charge in [0.25, 0.3) is 0 Å². The van der Waals surface area contributed by atoms with E-state index in [4.69, 9.17) is 0 Å². The highest BCUT2D eigenvalue weighted by Gasteiger charge is 2.28. The number of fused-ring (bicyclic) bond motifs is 1. The summed E-state index contributed by atoms with van der Waals surface area (Å²) in [5.41, 5.74) is 1.75. The zero-order chi connectivity index (χ0) is 12.4. The zero-order valence-electron chi connectivity index (χ0n) is 9.82. The maximum Gasteiger partial charge on any atom is 0.240 e. The van der Waals surface area contributed by atoms with Crippen molar-refractivity contribution in [2.24, 2.45) is 0 Å². The minimum Gasteiger partial charge on any atom is -0.506 e. The fourth-order valence-corrected chi connectivity index (χ4v) is 2.44. The van der Waals surface area contributed by atoms with Crippen molar-refractivity contribution in [1.29, 1.82) is 0 Å². The maximum absolute atomic E-state index is 12.2. The standard InChI is InChI=1S/C13H16BrNO2/c1-2-10(14)13(17)15-8-4-6-9-5-3-7-11(16)12(9)15/h3,5,7,10,16H,2,4,6,8H2,1H3. The van der Waals surface area contributed by atoms with Crippen LogP contribution in [-0.2, 0) is 11.2 Å². The van der Waals surface area contributed by atoms with Gasteiger partial charge in [-0.05, 0) is 30.9 Å². The van der Waals surface area contributed by atoms with Gasteiger partial charge in [-0.15, -0.1) is 0 Å². The quantitative estimate of drug-likeness (QED) is 0.853. The number of hydrogen-bond donors (Lipinski definition) is 1. The van der Waals surface area contributed by atoms with Gasteiger partial charge in [0.05, 0.1) is 10.5 Å². The van der Waals surface area contributed by atoms with E-state index in [2.05, 4.69) is 15.9 Å². The maximum atomic E-state index is 12.2. The lowest BCUT2D eigenvalue weighted by atomic mass is 10.0. The molecule has 17 heavy (non-hydrogen) atoms. The molecule has 1 unspecified atom stereocenters. The van der Waals surface area contributed by atoms with Gasteiger partial charge in [-0.3, -0.25) is 4.79 Å². The summed E-state index contributed by atoms with van der Waals surface area (Å²) in [6.07, 6.45) is 2.62. The Morgan fingerprint density at radius 3 is 3.06 bits per heavy atom. The van der Waals surface area contributed by atoms with E-state index in [1.165, 1.54) is 0 Å². The van der Waals surface area contributed by atoms with Crippen LogP contribution in [0.5, 0.6) is 5.75 Å². The molecule has 92 valence electrons. The number of nitrogens with zero attached hydrogens (tertiary/aromatic N) is 1. The van der Waals surface area contributed by atoms with E-state index in [9.17, 15) is 9.90 Å². The van der Waals surface area contributed by atoms with E-state index in [0.717, 1.165) is 24.8 Å². The highest BCUT2D eigenvalue weighted by Crippen LogP contribution is 2.36. The Bertz CT molecular complexity index is 433. The Labute approximate surface area is 110 Å². The second kappa shape index (κ2) is 5.08. The largest absolute Gasteiger partial charge is 0.506 e. The van der Waals surface area contributed by atoms with Gasteiger partial charge in [-0.2, -0.15) is 0 Å². The molecule has 3 nitrogen and oxygen atoms in total. The number of anilines is 1. The lowest BCUT2D eigenvalue weighted by molar-refractivity contribution is -0.118. The molecule has 1 aliphatic rings. The Morgan fingerprint density at radius 1 is 1.59 bits per heavy atom. The molecule has 0 spiro atoms. The predicted molar refractivity (Wildman–Crippen MR) is 71.8 cm³/mol. The topological polar surface area (TPSA) is 40.5 Å². The fraction of sp³-hybridized carbons (Fsp3) is 0.462. The third-order valence-electron chi connectivity index (χ3n) is 3.09. The van der Waals surface area contributed by atoms with Crippen LogP contribution < -0.4 is 4.90 Å². The number of carbonyl (C=O) groups is 1. The number of carbonyl (C=O) groups excluding carboxylic acids is 1. The zero-order valence-corrected chi connectivity index (χ0v) is 11.4. The van der Waals surface area contributed by atoms with E-state index in [0.29, 0.717) is 12.2 Å². The summed E-state index contributed by atoms with van der Waals surface area (Å²) in [5, 5.41) is 9.92. The minimum absolute atomic E-state index is 0.0370. The summed E-state index contributed by atoms with van der Waals surface area (Å²) in [6.45, 7) is 2.65. The lowest BCUT2D eigenvalue weighted by Crippen LogP contribution is -2.40. The number of amides is 1. The van der Waals surface area contributed by atoms with Crippen molar-refractivity contribution >= 4 is 27.5 Å². The third-order valence-corrected chi connectivity index (χ3v) is 4.13. The van der Waals surface area contributed by atoms with Gasteiger partial charge in [-0.1, -0.05) is 35.0 Å². The SMILES string of the molecule is CCC(Br)C(=O)N1CCCc2cccc(O)c21. The normalized spacial score (nSPS) is 16.5. The highest BCUT2D eigenvalue weighted by molar-refractivity contribution is 9.10. The molecule has 1 aliphatic heterocycles. The number of halogens is 1. The molecule has 1 heterocycles. The van der Waals surface area contributed by atoms with Gasteiger partial charge < -0.3 is 10.0 Å². The Kier molecular flexibility index (Phi) is 3.72. The molecular formula is C13H16BrNO2. The molecule has 0 bridgehead atoms. The third kappa shape index (κ3) is 2.32. The number of phenols is 1. The van der Waals surface area contributed by atoms with Gasteiger partial charge in [0, 0.05) is 6.54 Å². The Balaban J connectivity index is 2.37. The number of phenolic OH excluding ortho intramolecular Hbond substituents is 1. The summed E-state index contributed by atoms with van der Waals surface area (Å²) in [7, 11) is 0. The van der Waals surface area contributed by atoms with Crippen LogP contribution >= 0.6 is 15.9 Å². The van der Waals surface area contributed by atoms with E-state index in [-0.39, 0.29) is 16.5 Å². The average Bonchev–Trinajstić information content (AvgIpc) is 2.36. The lowest BCUT2D eigenvalue weighted by Gasteiger charge is -2.31. The first-order valence-corrected chi connectivity index (χ1v) is 6.83. The molecule has 1 amide bonds. The average molecular weight is 298 g/mol. The Morgan fingerprint density at radius 2 is 2.35 bits per heavy atom. The number of para-hydroxylation sites is 1. The van der Waals surface area contributed by atoms with Crippen LogP contribution in [0.25, 0.3) is 0 Å². The molecule has 1 aromatic carbocycles. The van der Waals surface area contributed by atoms with Gasteiger partial charge in [0.15, 0.2) is 0 Å². The van der Waals surface area contributed by atoms with Crippen molar-refractivity contribution in [3.8, 4) is 5.75 Å². The summed E-state index contributed by atoms with van der Waals surface area (Å²) in [6, 6.07) is 5.44. The number of rotatable bonds is 2. The van der Waals surface area contributed by atoms with Crippen LogP contribution in [0.15, 0.2) is 18.2 Å². The van der Waals surface area contributed by atoms with Crippen LogP contribution in [0.3, 0.4) is 0 Å². The van der Waals surface area contributed by atoms with Crippen molar-refractivity contribution in [3.05, 3.63) is 23.8 Å². The van der Waals surface area contributed by atoms with E-state index >= 15 is 0 Å².